The SMILES string of the molecule is Cc1cc(NCC(C)(C)C(=O)O)nc(C)n1. The van der Waals surface area contributed by atoms with Crippen LogP contribution in [0.25, 0.3) is 0 Å². The molecular formula is C11H17N3O2. The predicted octanol–water partition coefficient (Wildman–Crippen LogP) is 1.62. The first kappa shape index (κ1) is 12.4. The summed E-state index contributed by atoms with van der Waals surface area (Å²) in [6.45, 7) is 7.35. The number of rotatable bonds is 4. The van der Waals surface area contributed by atoms with E-state index in [1.807, 2.05) is 6.92 Å². The number of anilines is 1. The Bertz CT molecular complexity index is 382. The van der Waals surface area contributed by atoms with Crippen molar-refractivity contribution in [1.82, 2.24) is 9.97 Å². The zero-order valence-electron chi connectivity index (χ0n) is 10.0. The fraction of sp³-hybridized carbons (Fsp3) is 0.545. The smallest absolute Gasteiger partial charge is 0.310 e. The Morgan fingerprint density at radius 2 is 2.06 bits per heavy atom. The van der Waals surface area contributed by atoms with E-state index in [-0.39, 0.29) is 0 Å². The van der Waals surface area contributed by atoms with Crippen LogP contribution < -0.4 is 5.32 Å². The van der Waals surface area contributed by atoms with E-state index in [0.29, 0.717) is 18.2 Å². The van der Waals surface area contributed by atoms with Crippen LogP contribution in [0, 0.1) is 19.3 Å². The molecule has 0 aromatic carbocycles. The van der Waals surface area contributed by atoms with Crippen LogP contribution in [0.5, 0.6) is 0 Å². The largest absolute Gasteiger partial charge is 0.481 e. The molecule has 16 heavy (non-hydrogen) atoms. The second-order valence-electron chi connectivity index (χ2n) is 4.48. The van der Waals surface area contributed by atoms with Crippen LogP contribution in [0.4, 0.5) is 5.82 Å². The number of carboxylic acids is 1. The Balaban J connectivity index is 2.71. The molecule has 0 amide bonds. The summed E-state index contributed by atoms with van der Waals surface area (Å²) in [5.74, 6) is 0.512. The molecule has 1 aromatic heterocycles. The van der Waals surface area contributed by atoms with Crippen LogP contribution in [-0.4, -0.2) is 27.6 Å². The van der Waals surface area contributed by atoms with Gasteiger partial charge in [0.25, 0.3) is 0 Å². The maximum Gasteiger partial charge on any atom is 0.310 e. The van der Waals surface area contributed by atoms with E-state index in [1.54, 1.807) is 26.8 Å². The molecule has 88 valence electrons. The summed E-state index contributed by atoms with van der Waals surface area (Å²) in [4.78, 5) is 19.2. The zero-order valence-corrected chi connectivity index (χ0v) is 10.0. The third kappa shape index (κ3) is 3.18. The van der Waals surface area contributed by atoms with Gasteiger partial charge in [0.15, 0.2) is 0 Å². The van der Waals surface area contributed by atoms with Crippen molar-refractivity contribution >= 4 is 11.8 Å². The quantitative estimate of drug-likeness (QED) is 0.811. The van der Waals surface area contributed by atoms with Gasteiger partial charge in [-0.1, -0.05) is 0 Å². The molecule has 0 fully saturated rings. The number of aryl methyl sites for hydroxylation is 2. The zero-order chi connectivity index (χ0) is 12.3. The molecule has 0 radical (unpaired) electrons. The van der Waals surface area contributed by atoms with Gasteiger partial charge >= 0.3 is 5.97 Å². The van der Waals surface area contributed by atoms with Crippen molar-refractivity contribution in [2.24, 2.45) is 5.41 Å². The van der Waals surface area contributed by atoms with Crippen molar-refractivity contribution in [2.75, 3.05) is 11.9 Å². The average Bonchev–Trinajstić information content (AvgIpc) is 2.13. The van der Waals surface area contributed by atoms with E-state index in [4.69, 9.17) is 5.11 Å². The molecule has 0 saturated carbocycles. The monoisotopic (exact) mass is 223 g/mol. The summed E-state index contributed by atoms with van der Waals surface area (Å²) in [6.07, 6.45) is 0. The highest BCUT2D eigenvalue weighted by Crippen LogP contribution is 2.16. The summed E-state index contributed by atoms with van der Waals surface area (Å²) in [5.41, 5.74) is 0.0513. The van der Waals surface area contributed by atoms with Crippen molar-refractivity contribution in [3.63, 3.8) is 0 Å². The highest BCUT2D eigenvalue weighted by Gasteiger charge is 2.26. The third-order valence-electron chi connectivity index (χ3n) is 2.26. The molecule has 0 unspecified atom stereocenters. The number of carbonyl (C=O) groups is 1. The topological polar surface area (TPSA) is 75.1 Å². The molecule has 0 bridgehead atoms. The van der Waals surface area contributed by atoms with Gasteiger partial charge in [0, 0.05) is 18.3 Å². The molecule has 0 saturated heterocycles. The van der Waals surface area contributed by atoms with E-state index < -0.39 is 11.4 Å². The third-order valence-corrected chi connectivity index (χ3v) is 2.26. The first-order valence-corrected chi connectivity index (χ1v) is 5.11. The summed E-state index contributed by atoms with van der Waals surface area (Å²) in [6, 6.07) is 1.80. The van der Waals surface area contributed by atoms with Crippen molar-refractivity contribution in [2.45, 2.75) is 27.7 Å². The fourth-order valence-electron chi connectivity index (χ4n) is 1.19. The first-order chi connectivity index (χ1) is 7.31. The fourth-order valence-corrected chi connectivity index (χ4v) is 1.19. The van der Waals surface area contributed by atoms with Crippen molar-refractivity contribution < 1.29 is 9.90 Å². The lowest BCUT2D eigenvalue weighted by atomic mass is 9.94. The second kappa shape index (κ2) is 4.47. The molecule has 5 nitrogen and oxygen atoms in total. The molecule has 0 spiro atoms. The van der Waals surface area contributed by atoms with Gasteiger partial charge in [0.05, 0.1) is 5.41 Å². The molecule has 1 aromatic rings. The molecule has 0 atom stereocenters. The van der Waals surface area contributed by atoms with Gasteiger partial charge in [-0.15, -0.1) is 0 Å². The summed E-state index contributed by atoms with van der Waals surface area (Å²) in [7, 11) is 0. The van der Waals surface area contributed by atoms with Crippen LogP contribution in [0.15, 0.2) is 6.07 Å². The van der Waals surface area contributed by atoms with Crippen molar-refractivity contribution in [1.29, 1.82) is 0 Å². The van der Waals surface area contributed by atoms with Gasteiger partial charge in [-0.3, -0.25) is 4.79 Å². The van der Waals surface area contributed by atoms with Gasteiger partial charge in [-0.2, -0.15) is 0 Å². The Morgan fingerprint density at radius 3 is 2.56 bits per heavy atom. The number of hydrogen-bond acceptors (Lipinski definition) is 4. The van der Waals surface area contributed by atoms with Crippen LogP contribution in [-0.2, 0) is 4.79 Å². The molecule has 0 aliphatic rings. The van der Waals surface area contributed by atoms with Gasteiger partial charge in [0.1, 0.15) is 11.6 Å². The van der Waals surface area contributed by atoms with Crippen LogP contribution in [0.2, 0.25) is 0 Å². The Hall–Kier alpha value is -1.65. The number of aromatic nitrogens is 2. The Kier molecular flexibility index (Phi) is 3.47. The maximum absolute atomic E-state index is 10.9. The van der Waals surface area contributed by atoms with Gasteiger partial charge in [-0.25, -0.2) is 9.97 Å². The Labute approximate surface area is 94.9 Å². The molecule has 1 heterocycles. The molecule has 0 aliphatic carbocycles. The molecule has 2 N–H and O–H groups in total. The highest BCUT2D eigenvalue weighted by atomic mass is 16.4. The van der Waals surface area contributed by atoms with Gasteiger partial charge in [-0.05, 0) is 27.7 Å². The molecule has 0 aliphatic heterocycles. The summed E-state index contributed by atoms with van der Waals surface area (Å²) >= 11 is 0. The minimum Gasteiger partial charge on any atom is -0.481 e. The van der Waals surface area contributed by atoms with E-state index in [0.717, 1.165) is 5.69 Å². The van der Waals surface area contributed by atoms with E-state index in [1.165, 1.54) is 0 Å². The summed E-state index contributed by atoms with van der Waals surface area (Å²) < 4.78 is 0. The van der Waals surface area contributed by atoms with Gasteiger partial charge < -0.3 is 10.4 Å². The average molecular weight is 223 g/mol. The van der Waals surface area contributed by atoms with Gasteiger partial charge in [0.2, 0.25) is 0 Å². The lowest BCUT2D eigenvalue weighted by molar-refractivity contribution is -0.146. The predicted molar refractivity (Wildman–Crippen MR) is 61.4 cm³/mol. The maximum atomic E-state index is 10.9. The first-order valence-electron chi connectivity index (χ1n) is 5.11. The highest BCUT2D eigenvalue weighted by molar-refractivity contribution is 5.74. The number of nitrogens with one attached hydrogen (secondary N) is 1. The minimum absolute atomic E-state index is 0.332. The standard InChI is InChI=1S/C11H17N3O2/c1-7-5-9(14-8(2)13-7)12-6-11(3,4)10(15)16/h5H,6H2,1-4H3,(H,15,16)(H,12,13,14). The van der Waals surface area contributed by atoms with Crippen LogP contribution >= 0.6 is 0 Å². The lowest BCUT2D eigenvalue weighted by Gasteiger charge is -2.19. The minimum atomic E-state index is -0.831. The molecule has 1 rings (SSSR count). The second-order valence-corrected chi connectivity index (χ2v) is 4.48. The molecule has 5 heteroatoms. The number of nitrogens with zero attached hydrogens (tertiary/aromatic N) is 2. The van der Waals surface area contributed by atoms with E-state index in [9.17, 15) is 4.79 Å². The van der Waals surface area contributed by atoms with Crippen LogP contribution in [0.1, 0.15) is 25.4 Å². The normalized spacial score (nSPS) is 11.2. The lowest BCUT2D eigenvalue weighted by Crippen LogP contribution is -2.32. The molecular weight excluding hydrogens is 206 g/mol. The number of aliphatic carboxylic acids is 1. The Morgan fingerprint density at radius 1 is 1.44 bits per heavy atom. The van der Waals surface area contributed by atoms with Crippen molar-refractivity contribution in [3.8, 4) is 0 Å². The van der Waals surface area contributed by atoms with Crippen LogP contribution in [0.3, 0.4) is 0 Å². The number of carboxylic acid groups (broad SMARTS) is 1. The van der Waals surface area contributed by atoms with E-state index in [2.05, 4.69) is 15.3 Å². The van der Waals surface area contributed by atoms with Crippen molar-refractivity contribution in [3.05, 3.63) is 17.6 Å². The summed E-state index contributed by atoms with van der Waals surface area (Å²) in [5, 5.41) is 12.0. The number of hydrogen-bond donors (Lipinski definition) is 2. The van der Waals surface area contributed by atoms with E-state index >= 15 is 0 Å².